The minimum atomic E-state index is -0.0414. The smallest absolute Gasteiger partial charge is 0.262 e. The number of rotatable bonds is 7. The maximum atomic E-state index is 12.9. The van der Waals surface area contributed by atoms with Crippen LogP contribution in [0.5, 0.6) is 5.75 Å². The number of amides is 1. The average Bonchev–Trinajstić information content (AvgIpc) is 3.18. The Labute approximate surface area is 170 Å². The molecule has 1 unspecified atom stereocenters. The van der Waals surface area contributed by atoms with Crippen molar-refractivity contribution >= 4 is 17.2 Å². The lowest BCUT2D eigenvalue weighted by Crippen LogP contribution is -2.34. The summed E-state index contributed by atoms with van der Waals surface area (Å²) in [5, 5.41) is 5.08. The molecule has 0 aliphatic rings. The molecule has 0 fully saturated rings. The lowest BCUT2D eigenvalue weighted by molar-refractivity contribution is 0.0946. The molecule has 0 saturated heterocycles. The van der Waals surface area contributed by atoms with Crippen molar-refractivity contribution in [2.45, 2.75) is 13.0 Å². The van der Waals surface area contributed by atoms with E-state index in [-0.39, 0.29) is 11.9 Å². The van der Waals surface area contributed by atoms with E-state index in [0.717, 1.165) is 27.3 Å². The Morgan fingerprint density at radius 3 is 2.57 bits per heavy atom. The fraction of sp³-hybridized carbons (Fsp3) is 0.261. The van der Waals surface area contributed by atoms with Crippen LogP contribution < -0.4 is 10.1 Å². The zero-order valence-corrected chi connectivity index (χ0v) is 17.5. The number of likely N-dealkylation sites (N-methyl/N-ethyl adjacent to an activating group) is 1. The number of ether oxygens (including phenoxy) is 1. The Bertz CT molecular complexity index is 932. The lowest BCUT2D eigenvalue weighted by Gasteiger charge is -2.25. The van der Waals surface area contributed by atoms with Crippen molar-refractivity contribution in [3.05, 3.63) is 76.0 Å². The Kier molecular flexibility index (Phi) is 6.49. The lowest BCUT2D eigenvalue weighted by atomic mass is 10.0. The van der Waals surface area contributed by atoms with Crippen molar-refractivity contribution in [2.75, 3.05) is 27.7 Å². The molecule has 0 aliphatic heterocycles. The van der Waals surface area contributed by atoms with E-state index in [1.54, 1.807) is 7.11 Å². The molecule has 3 aromatic rings. The number of hydrogen-bond donors (Lipinski definition) is 1. The van der Waals surface area contributed by atoms with Gasteiger partial charge >= 0.3 is 0 Å². The molecule has 1 heterocycles. The number of thiophene rings is 1. The standard InChI is InChI=1S/C23H26N2O2S/c1-16-8-10-17(11-9-16)20-12-13-28-22(20)23(26)24-15-21(25(2)3)18-6-5-7-19(14-18)27-4/h5-14,21H,15H2,1-4H3,(H,24,26). The molecule has 4 nitrogen and oxygen atoms in total. The van der Waals surface area contributed by atoms with Gasteiger partial charge in [0.05, 0.1) is 18.0 Å². The highest BCUT2D eigenvalue weighted by atomic mass is 32.1. The second kappa shape index (κ2) is 9.04. The number of nitrogens with one attached hydrogen (secondary N) is 1. The van der Waals surface area contributed by atoms with Crippen LogP contribution in [-0.4, -0.2) is 38.6 Å². The maximum absolute atomic E-state index is 12.9. The van der Waals surface area contributed by atoms with E-state index in [1.165, 1.54) is 16.9 Å². The number of benzene rings is 2. The minimum absolute atomic E-state index is 0.0414. The maximum Gasteiger partial charge on any atom is 0.262 e. The summed E-state index contributed by atoms with van der Waals surface area (Å²) >= 11 is 1.47. The van der Waals surface area contributed by atoms with Crippen LogP contribution in [0.1, 0.15) is 26.8 Å². The molecule has 0 saturated carbocycles. The van der Waals surface area contributed by atoms with Gasteiger partial charge < -0.3 is 15.0 Å². The fourth-order valence-corrected chi connectivity index (χ4v) is 3.99. The van der Waals surface area contributed by atoms with Crippen LogP contribution in [0.3, 0.4) is 0 Å². The first-order chi connectivity index (χ1) is 13.5. The topological polar surface area (TPSA) is 41.6 Å². The summed E-state index contributed by atoms with van der Waals surface area (Å²) in [6.07, 6.45) is 0. The van der Waals surface area contributed by atoms with Gasteiger partial charge in [0.25, 0.3) is 5.91 Å². The Morgan fingerprint density at radius 2 is 1.89 bits per heavy atom. The quantitative estimate of drug-likeness (QED) is 0.628. The fourth-order valence-electron chi connectivity index (χ4n) is 3.16. The van der Waals surface area contributed by atoms with Gasteiger partial charge in [0.2, 0.25) is 0 Å². The molecule has 1 atom stereocenters. The minimum Gasteiger partial charge on any atom is -0.497 e. The molecule has 146 valence electrons. The van der Waals surface area contributed by atoms with Gasteiger partial charge in [0.15, 0.2) is 0 Å². The second-order valence-corrected chi connectivity index (χ2v) is 7.91. The van der Waals surface area contributed by atoms with Crippen molar-refractivity contribution in [2.24, 2.45) is 0 Å². The number of carbonyl (C=O) groups is 1. The predicted octanol–water partition coefficient (Wildman–Crippen LogP) is 4.76. The third-order valence-electron chi connectivity index (χ3n) is 4.79. The highest BCUT2D eigenvalue weighted by Crippen LogP contribution is 2.29. The zero-order valence-electron chi connectivity index (χ0n) is 16.7. The number of carbonyl (C=O) groups excluding carboxylic acids is 1. The van der Waals surface area contributed by atoms with Gasteiger partial charge in [-0.25, -0.2) is 0 Å². The normalized spacial score (nSPS) is 12.0. The van der Waals surface area contributed by atoms with Crippen LogP contribution in [0.4, 0.5) is 0 Å². The zero-order chi connectivity index (χ0) is 20.1. The Morgan fingerprint density at radius 1 is 1.14 bits per heavy atom. The molecular formula is C23H26N2O2S. The molecule has 0 aliphatic carbocycles. The molecule has 0 radical (unpaired) electrons. The van der Waals surface area contributed by atoms with Crippen molar-refractivity contribution in [1.29, 1.82) is 0 Å². The highest BCUT2D eigenvalue weighted by Gasteiger charge is 2.19. The van der Waals surface area contributed by atoms with Gasteiger partial charge in [-0.2, -0.15) is 0 Å². The number of nitrogens with zero attached hydrogens (tertiary/aromatic N) is 1. The van der Waals surface area contributed by atoms with Crippen LogP contribution in [-0.2, 0) is 0 Å². The van der Waals surface area contributed by atoms with Gasteiger partial charge in [-0.3, -0.25) is 4.79 Å². The van der Waals surface area contributed by atoms with Crippen LogP contribution in [0.2, 0.25) is 0 Å². The van der Waals surface area contributed by atoms with Crippen LogP contribution >= 0.6 is 11.3 Å². The molecule has 2 aromatic carbocycles. The summed E-state index contributed by atoms with van der Waals surface area (Å²) in [7, 11) is 5.69. The summed E-state index contributed by atoms with van der Waals surface area (Å²) in [5.41, 5.74) is 4.35. The van der Waals surface area contributed by atoms with E-state index in [1.807, 2.05) is 43.7 Å². The van der Waals surface area contributed by atoms with Crippen LogP contribution in [0.25, 0.3) is 11.1 Å². The van der Waals surface area contributed by atoms with Gasteiger partial charge in [-0.1, -0.05) is 42.0 Å². The van der Waals surface area contributed by atoms with Crippen LogP contribution in [0.15, 0.2) is 60.0 Å². The number of methoxy groups -OCH3 is 1. The predicted molar refractivity (Wildman–Crippen MR) is 116 cm³/mol. The van der Waals surface area contributed by atoms with Gasteiger partial charge in [0.1, 0.15) is 5.75 Å². The Balaban J connectivity index is 1.75. The second-order valence-electron chi connectivity index (χ2n) is 7.00. The monoisotopic (exact) mass is 394 g/mol. The SMILES string of the molecule is COc1cccc(C(CNC(=O)c2sccc2-c2ccc(C)cc2)N(C)C)c1. The molecular weight excluding hydrogens is 368 g/mol. The number of aryl methyl sites for hydroxylation is 1. The molecule has 1 aromatic heterocycles. The van der Waals surface area contributed by atoms with Crippen molar-refractivity contribution in [3.63, 3.8) is 0 Å². The van der Waals surface area contributed by atoms with E-state index in [2.05, 4.69) is 47.5 Å². The highest BCUT2D eigenvalue weighted by molar-refractivity contribution is 7.12. The average molecular weight is 395 g/mol. The van der Waals surface area contributed by atoms with Crippen molar-refractivity contribution in [3.8, 4) is 16.9 Å². The summed E-state index contributed by atoms with van der Waals surface area (Å²) in [5.74, 6) is 0.774. The van der Waals surface area contributed by atoms with E-state index < -0.39 is 0 Å². The third-order valence-corrected chi connectivity index (χ3v) is 5.71. The van der Waals surface area contributed by atoms with Gasteiger partial charge in [-0.05, 0) is 55.7 Å². The van der Waals surface area contributed by atoms with E-state index in [0.29, 0.717) is 6.54 Å². The molecule has 28 heavy (non-hydrogen) atoms. The van der Waals surface area contributed by atoms with Gasteiger partial charge in [-0.15, -0.1) is 11.3 Å². The first-order valence-corrected chi connectivity index (χ1v) is 10.1. The molecule has 5 heteroatoms. The largest absolute Gasteiger partial charge is 0.497 e. The van der Waals surface area contributed by atoms with Gasteiger partial charge in [0, 0.05) is 12.1 Å². The third kappa shape index (κ3) is 4.61. The molecule has 3 rings (SSSR count). The van der Waals surface area contributed by atoms with Crippen molar-refractivity contribution in [1.82, 2.24) is 10.2 Å². The first-order valence-electron chi connectivity index (χ1n) is 9.22. The van der Waals surface area contributed by atoms with Crippen LogP contribution in [0, 0.1) is 6.92 Å². The summed E-state index contributed by atoms with van der Waals surface area (Å²) in [6, 6.07) is 18.3. The van der Waals surface area contributed by atoms with E-state index in [4.69, 9.17) is 4.74 Å². The molecule has 1 N–H and O–H groups in total. The summed E-state index contributed by atoms with van der Waals surface area (Å²) < 4.78 is 5.34. The van der Waals surface area contributed by atoms with Crippen molar-refractivity contribution < 1.29 is 9.53 Å². The summed E-state index contributed by atoms with van der Waals surface area (Å²) in [6.45, 7) is 2.58. The van der Waals surface area contributed by atoms with E-state index >= 15 is 0 Å². The number of hydrogen-bond acceptors (Lipinski definition) is 4. The molecule has 0 bridgehead atoms. The summed E-state index contributed by atoms with van der Waals surface area (Å²) in [4.78, 5) is 15.7. The molecule has 1 amide bonds. The Hall–Kier alpha value is -2.63. The first kappa shape index (κ1) is 20.1. The molecule has 0 spiro atoms. The van der Waals surface area contributed by atoms with E-state index in [9.17, 15) is 4.79 Å².